The third-order valence-electron chi connectivity index (χ3n) is 10.8. The van der Waals surface area contributed by atoms with Crippen molar-refractivity contribution in [2.45, 2.75) is 151 Å². The second-order valence-electron chi connectivity index (χ2n) is 19.4. The summed E-state index contributed by atoms with van der Waals surface area (Å²) in [5.41, 5.74) is 26.1. The molecule has 5 atom stereocenters. The van der Waals surface area contributed by atoms with E-state index in [0.717, 1.165) is 38.9 Å². The second kappa shape index (κ2) is 14.5. The van der Waals surface area contributed by atoms with Crippen LogP contribution < -0.4 is 27.8 Å². The van der Waals surface area contributed by atoms with Gasteiger partial charge in [-0.15, -0.1) is 0 Å². The molecule has 0 spiro atoms. The van der Waals surface area contributed by atoms with Gasteiger partial charge in [-0.25, -0.2) is 0 Å². The number of hydrogen-bond donors (Lipinski definition) is 5. The summed E-state index contributed by atoms with van der Waals surface area (Å²) >= 11 is 0. The lowest BCUT2D eigenvalue weighted by molar-refractivity contribution is -0.862. The maximum Gasteiger partial charge on any atom is 0.0798 e. The van der Waals surface area contributed by atoms with E-state index in [4.69, 9.17) is 22.9 Å². The van der Waals surface area contributed by atoms with Crippen molar-refractivity contribution in [1.82, 2.24) is 4.90 Å². The molecule has 0 aromatic carbocycles. The zero-order valence-electron chi connectivity index (χ0n) is 31.2. The summed E-state index contributed by atoms with van der Waals surface area (Å²) in [6.45, 7) is 34.3. The molecule has 0 aliphatic carbocycles. The third-order valence-corrected chi connectivity index (χ3v) is 10.8. The zero-order valence-corrected chi connectivity index (χ0v) is 31.2. The molecule has 0 amide bonds. The van der Waals surface area contributed by atoms with Crippen LogP contribution >= 0.6 is 0 Å². The Hall–Kier alpha value is -0.240. The van der Waals surface area contributed by atoms with E-state index in [9.17, 15) is 0 Å². The molecule has 0 bridgehead atoms. The molecule has 1 heterocycles. The highest BCUT2D eigenvalue weighted by Crippen LogP contribution is 2.51. The highest BCUT2D eigenvalue weighted by atomic mass is 15.2. The number of quaternary nitrogens is 1. The average Bonchev–Trinajstić information content (AvgIpc) is 3.06. The van der Waals surface area contributed by atoms with E-state index in [2.05, 4.69) is 109 Å². The van der Waals surface area contributed by atoms with Crippen LogP contribution in [0.25, 0.3) is 0 Å². The summed E-state index contributed by atoms with van der Waals surface area (Å²) in [6.07, 6.45) is 6.73. The van der Waals surface area contributed by atoms with Crippen LogP contribution in [0.5, 0.6) is 0 Å². The molecule has 1 rings (SSSR count). The normalized spacial score (nSPS) is 22.6. The lowest BCUT2D eigenvalue weighted by Crippen LogP contribution is -3.06. The van der Waals surface area contributed by atoms with Crippen molar-refractivity contribution in [3.8, 4) is 0 Å². The van der Waals surface area contributed by atoms with Crippen LogP contribution in [0.2, 0.25) is 0 Å². The van der Waals surface area contributed by atoms with Gasteiger partial charge in [0.1, 0.15) is 0 Å². The third kappa shape index (κ3) is 13.8. The van der Waals surface area contributed by atoms with Crippen molar-refractivity contribution in [3.05, 3.63) is 0 Å². The number of nitrogens with two attached hydrogens (primary N) is 4. The molecular formula is C36H79N6+. The van der Waals surface area contributed by atoms with Crippen LogP contribution in [0.3, 0.4) is 0 Å². The summed E-state index contributed by atoms with van der Waals surface area (Å²) in [7, 11) is 4.57. The van der Waals surface area contributed by atoms with Crippen molar-refractivity contribution in [2.75, 3.05) is 40.3 Å². The van der Waals surface area contributed by atoms with Crippen molar-refractivity contribution in [3.63, 3.8) is 0 Å². The number of hydrogen-bond acceptors (Lipinski definition) is 5. The highest BCUT2D eigenvalue weighted by molar-refractivity contribution is 4.98. The minimum absolute atomic E-state index is 0.141. The van der Waals surface area contributed by atoms with Crippen LogP contribution in [0.15, 0.2) is 0 Å². The van der Waals surface area contributed by atoms with Gasteiger partial charge in [-0.3, -0.25) is 0 Å². The topological polar surface area (TPSA) is 112 Å². The van der Waals surface area contributed by atoms with E-state index >= 15 is 0 Å². The number of nitrogens with zero attached hydrogens (tertiary/aromatic N) is 1. The maximum atomic E-state index is 6.74. The molecule has 1 fully saturated rings. The predicted molar refractivity (Wildman–Crippen MR) is 186 cm³/mol. The van der Waals surface area contributed by atoms with Crippen molar-refractivity contribution < 1.29 is 4.90 Å². The van der Waals surface area contributed by atoms with Crippen molar-refractivity contribution >= 4 is 0 Å². The number of likely N-dealkylation sites (tertiary alicyclic amines) is 1. The fourth-order valence-corrected chi connectivity index (χ4v) is 7.95. The van der Waals surface area contributed by atoms with Crippen molar-refractivity contribution in [2.24, 2.45) is 63.4 Å². The average molecular weight is 596 g/mol. The van der Waals surface area contributed by atoms with E-state index in [0.29, 0.717) is 29.6 Å². The first-order chi connectivity index (χ1) is 18.6. The SMILES string of the molecule is CCC(CC(C)(C)C(C)(C)CC1CN(CC(CC(C)(C)N)C(C)(C)N)CC1CC(C)(C)N)C(C[NH+](C)C)CC(C)(C)N. The molecule has 5 unspecified atom stereocenters. The highest BCUT2D eigenvalue weighted by Gasteiger charge is 2.46. The Bertz CT molecular complexity index is 790. The zero-order chi connectivity index (χ0) is 33.1. The second-order valence-corrected chi connectivity index (χ2v) is 19.4. The standard InChI is InChI=1S/C36H78N6/c1-16-26(28(22-41(14)15)19-33(6,7)37)17-31(2,3)32(4,5)18-27-23-42(24-29(27)20-34(8,9)38)25-30(36(12,13)40)21-35(10,11)39/h26-30H,16-25,37-40H2,1-15H3/p+1. The molecule has 9 N–H and O–H groups in total. The van der Waals surface area contributed by atoms with Crippen LogP contribution in [-0.4, -0.2) is 67.3 Å². The fraction of sp³-hybridized carbons (Fsp3) is 1.00. The van der Waals surface area contributed by atoms with Gasteiger partial charge in [0.15, 0.2) is 0 Å². The van der Waals surface area contributed by atoms with Gasteiger partial charge in [0, 0.05) is 47.7 Å². The molecule has 42 heavy (non-hydrogen) atoms. The Labute approximate surface area is 263 Å². The van der Waals surface area contributed by atoms with Crippen LogP contribution in [0, 0.1) is 40.4 Å². The summed E-state index contributed by atoms with van der Waals surface area (Å²) in [5.74, 6) is 2.87. The van der Waals surface area contributed by atoms with Gasteiger partial charge in [0.05, 0.1) is 20.6 Å². The Morgan fingerprint density at radius 1 is 0.643 bits per heavy atom. The summed E-state index contributed by atoms with van der Waals surface area (Å²) < 4.78 is 0. The molecule has 0 radical (unpaired) electrons. The molecule has 1 aliphatic rings. The Balaban J connectivity index is 3.22. The Morgan fingerprint density at radius 3 is 1.50 bits per heavy atom. The number of rotatable bonds is 18. The Kier molecular flexibility index (Phi) is 13.7. The first-order valence-corrected chi connectivity index (χ1v) is 17.2. The van der Waals surface area contributed by atoms with Gasteiger partial charge in [0.25, 0.3) is 0 Å². The molecular weight excluding hydrogens is 516 g/mol. The molecule has 252 valence electrons. The van der Waals surface area contributed by atoms with Gasteiger partial charge in [-0.05, 0) is 122 Å². The van der Waals surface area contributed by atoms with Crippen LogP contribution in [0.1, 0.15) is 129 Å². The minimum Gasteiger partial charge on any atom is -0.340 e. The first kappa shape index (κ1) is 39.8. The van der Waals surface area contributed by atoms with Gasteiger partial charge < -0.3 is 32.7 Å². The summed E-state index contributed by atoms with van der Waals surface area (Å²) in [4.78, 5) is 4.22. The van der Waals surface area contributed by atoms with E-state index in [1.54, 1.807) is 0 Å². The van der Waals surface area contributed by atoms with Gasteiger partial charge in [0.2, 0.25) is 0 Å². The van der Waals surface area contributed by atoms with E-state index in [1.807, 2.05) is 0 Å². The summed E-state index contributed by atoms with van der Waals surface area (Å²) in [6, 6.07) is 0. The largest absolute Gasteiger partial charge is 0.340 e. The summed E-state index contributed by atoms with van der Waals surface area (Å²) in [5, 5.41) is 0. The quantitative estimate of drug-likeness (QED) is 0.155. The lowest BCUT2D eigenvalue weighted by Gasteiger charge is -2.47. The monoisotopic (exact) mass is 596 g/mol. The maximum absolute atomic E-state index is 6.74. The molecule has 6 heteroatoms. The van der Waals surface area contributed by atoms with E-state index in [-0.39, 0.29) is 33.0 Å². The minimum atomic E-state index is -0.267. The fourth-order valence-electron chi connectivity index (χ4n) is 7.95. The van der Waals surface area contributed by atoms with Crippen LogP contribution in [0.4, 0.5) is 0 Å². The molecule has 1 saturated heterocycles. The molecule has 0 aromatic rings. The smallest absolute Gasteiger partial charge is 0.0798 e. The molecule has 0 saturated carbocycles. The Morgan fingerprint density at radius 2 is 1.12 bits per heavy atom. The van der Waals surface area contributed by atoms with E-state index < -0.39 is 0 Å². The number of nitrogens with one attached hydrogen (secondary N) is 1. The van der Waals surface area contributed by atoms with Crippen LogP contribution in [-0.2, 0) is 0 Å². The first-order valence-electron chi connectivity index (χ1n) is 17.2. The van der Waals surface area contributed by atoms with Gasteiger partial charge in [-0.2, -0.15) is 0 Å². The van der Waals surface area contributed by atoms with Crippen molar-refractivity contribution in [1.29, 1.82) is 0 Å². The lowest BCUT2D eigenvalue weighted by atomic mass is 9.58. The van der Waals surface area contributed by atoms with Gasteiger partial charge >= 0.3 is 0 Å². The molecule has 1 aliphatic heterocycles. The molecule has 6 nitrogen and oxygen atoms in total. The predicted octanol–water partition coefficient (Wildman–Crippen LogP) is 4.89. The van der Waals surface area contributed by atoms with E-state index in [1.165, 1.54) is 30.7 Å². The molecule has 0 aromatic heterocycles. The van der Waals surface area contributed by atoms with Gasteiger partial charge in [-0.1, -0.05) is 41.0 Å².